The fraction of sp³-hybridized carbons (Fsp3) is 1.00. The first-order valence-electron chi connectivity index (χ1n) is 5.65. The van der Waals surface area contributed by atoms with E-state index in [1.807, 2.05) is 0 Å². The summed E-state index contributed by atoms with van der Waals surface area (Å²) >= 11 is 5.80. The molecule has 0 saturated carbocycles. The Kier molecular flexibility index (Phi) is 5.83. The Balaban J connectivity index is 2.12. The first-order valence-corrected chi connectivity index (χ1v) is 6.18. The second-order valence-electron chi connectivity index (χ2n) is 4.32. The first-order chi connectivity index (χ1) is 6.74. The lowest BCUT2D eigenvalue weighted by atomic mass is 10.0. The van der Waals surface area contributed by atoms with Crippen molar-refractivity contribution in [2.45, 2.75) is 45.3 Å². The molecule has 1 saturated heterocycles. The minimum atomic E-state index is 0.425. The van der Waals surface area contributed by atoms with Crippen LogP contribution in [0.4, 0.5) is 0 Å². The van der Waals surface area contributed by atoms with Gasteiger partial charge in [-0.1, -0.05) is 6.92 Å². The zero-order chi connectivity index (χ0) is 10.4. The molecule has 1 heterocycles. The molecule has 0 aliphatic carbocycles. The van der Waals surface area contributed by atoms with E-state index in [1.165, 1.54) is 19.3 Å². The van der Waals surface area contributed by atoms with E-state index in [0.717, 1.165) is 19.0 Å². The zero-order valence-corrected chi connectivity index (χ0v) is 10.0. The van der Waals surface area contributed by atoms with Gasteiger partial charge in [0.25, 0.3) is 0 Å². The molecule has 0 aromatic carbocycles. The van der Waals surface area contributed by atoms with Crippen molar-refractivity contribution in [1.29, 1.82) is 0 Å². The predicted molar refractivity (Wildman–Crippen MR) is 60.9 cm³/mol. The second-order valence-corrected chi connectivity index (χ2v) is 4.63. The standard InChI is InChI=1S/C11H22ClNO/c1-9(7-12)10(2)13-8-11-5-3-4-6-14-11/h9-11,13H,3-8H2,1-2H3. The zero-order valence-electron chi connectivity index (χ0n) is 9.26. The number of ether oxygens (including phenoxy) is 1. The van der Waals surface area contributed by atoms with Gasteiger partial charge >= 0.3 is 0 Å². The summed E-state index contributed by atoms with van der Waals surface area (Å²) < 4.78 is 5.65. The van der Waals surface area contributed by atoms with Gasteiger partial charge in [0.05, 0.1) is 6.10 Å². The summed E-state index contributed by atoms with van der Waals surface area (Å²) in [5.41, 5.74) is 0. The smallest absolute Gasteiger partial charge is 0.0699 e. The fourth-order valence-corrected chi connectivity index (χ4v) is 1.89. The van der Waals surface area contributed by atoms with Crippen LogP contribution >= 0.6 is 11.6 Å². The summed E-state index contributed by atoms with van der Waals surface area (Å²) in [7, 11) is 0. The molecule has 3 unspecified atom stereocenters. The number of nitrogens with one attached hydrogen (secondary N) is 1. The predicted octanol–water partition coefficient (Wildman–Crippen LogP) is 2.41. The first kappa shape index (κ1) is 12.3. The van der Waals surface area contributed by atoms with E-state index < -0.39 is 0 Å². The summed E-state index contributed by atoms with van der Waals surface area (Å²) in [4.78, 5) is 0. The number of hydrogen-bond acceptors (Lipinski definition) is 2. The van der Waals surface area contributed by atoms with Gasteiger partial charge in [0, 0.05) is 25.1 Å². The number of hydrogen-bond donors (Lipinski definition) is 1. The summed E-state index contributed by atoms with van der Waals surface area (Å²) in [6.07, 6.45) is 4.17. The van der Waals surface area contributed by atoms with Crippen molar-refractivity contribution in [2.24, 2.45) is 5.92 Å². The van der Waals surface area contributed by atoms with E-state index in [2.05, 4.69) is 19.2 Å². The molecule has 0 amide bonds. The lowest BCUT2D eigenvalue weighted by Crippen LogP contribution is -2.40. The van der Waals surface area contributed by atoms with Crippen LogP contribution in [0.3, 0.4) is 0 Å². The second kappa shape index (κ2) is 6.65. The number of halogens is 1. The monoisotopic (exact) mass is 219 g/mol. The van der Waals surface area contributed by atoms with Gasteiger partial charge in [-0.2, -0.15) is 0 Å². The molecule has 0 aromatic rings. The van der Waals surface area contributed by atoms with Crippen LogP contribution in [0.25, 0.3) is 0 Å². The topological polar surface area (TPSA) is 21.3 Å². The third-order valence-electron chi connectivity index (χ3n) is 3.04. The van der Waals surface area contributed by atoms with E-state index in [4.69, 9.17) is 16.3 Å². The van der Waals surface area contributed by atoms with Crippen molar-refractivity contribution in [3.8, 4) is 0 Å². The normalized spacial score (nSPS) is 27.2. The highest BCUT2D eigenvalue weighted by Gasteiger charge is 2.16. The molecule has 14 heavy (non-hydrogen) atoms. The van der Waals surface area contributed by atoms with E-state index in [-0.39, 0.29) is 0 Å². The minimum Gasteiger partial charge on any atom is -0.377 e. The van der Waals surface area contributed by atoms with Crippen LogP contribution < -0.4 is 5.32 Å². The van der Waals surface area contributed by atoms with Crippen molar-refractivity contribution in [1.82, 2.24) is 5.32 Å². The van der Waals surface area contributed by atoms with Crippen molar-refractivity contribution in [2.75, 3.05) is 19.0 Å². The molecule has 3 atom stereocenters. The third kappa shape index (κ3) is 4.16. The molecule has 1 rings (SSSR count). The van der Waals surface area contributed by atoms with Gasteiger partial charge in [0.2, 0.25) is 0 Å². The quantitative estimate of drug-likeness (QED) is 0.718. The van der Waals surface area contributed by atoms with Crippen molar-refractivity contribution in [3.05, 3.63) is 0 Å². The van der Waals surface area contributed by atoms with Crippen molar-refractivity contribution >= 4 is 11.6 Å². The molecule has 0 radical (unpaired) electrons. The molecule has 3 heteroatoms. The Morgan fingerprint density at radius 3 is 2.79 bits per heavy atom. The lowest BCUT2D eigenvalue weighted by Gasteiger charge is -2.26. The highest BCUT2D eigenvalue weighted by Crippen LogP contribution is 2.12. The van der Waals surface area contributed by atoms with E-state index in [1.54, 1.807) is 0 Å². The maximum atomic E-state index is 5.80. The fourth-order valence-electron chi connectivity index (χ4n) is 1.62. The summed E-state index contributed by atoms with van der Waals surface area (Å²) in [5.74, 6) is 1.25. The lowest BCUT2D eigenvalue weighted by molar-refractivity contribution is 0.0149. The Hall–Kier alpha value is 0.210. The molecule has 0 spiro atoms. The van der Waals surface area contributed by atoms with Gasteiger partial charge in [-0.3, -0.25) is 0 Å². The van der Waals surface area contributed by atoms with Gasteiger partial charge < -0.3 is 10.1 Å². The van der Waals surface area contributed by atoms with E-state index >= 15 is 0 Å². The van der Waals surface area contributed by atoms with Gasteiger partial charge in [0.15, 0.2) is 0 Å². The highest BCUT2D eigenvalue weighted by atomic mass is 35.5. The average Bonchev–Trinajstić information content (AvgIpc) is 2.26. The molecule has 1 fully saturated rings. The Labute approximate surface area is 92.3 Å². The maximum absolute atomic E-state index is 5.80. The van der Waals surface area contributed by atoms with Crippen LogP contribution in [0.15, 0.2) is 0 Å². The Morgan fingerprint density at radius 1 is 1.43 bits per heavy atom. The van der Waals surface area contributed by atoms with Crippen LogP contribution in [-0.4, -0.2) is 31.2 Å². The molecular formula is C11H22ClNO. The summed E-state index contributed by atoms with van der Waals surface area (Å²) in [5, 5.41) is 3.49. The molecular weight excluding hydrogens is 198 g/mol. The summed E-state index contributed by atoms with van der Waals surface area (Å²) in [6, 6.07) is 0.484. The van der Waals surface area contributed by atoms with Gasteiger partial charge in [-0.05, 0) is 32.1 Å². The molecule has 2 nitrogen and oxygen atoms in total. The van der Waals surface area contributed by atoms with Gasteiger partial charge in [-0.25, -0.2) is 0 Å². The molecule has 1 N–H and O–H groups in total. The average molecular weight is 220 g/mol. The number of alkyl halides is 1. The minimum absolute atomic E-state index is 0.425. The molecule has 84 valence electrons. The summed E-state index contributed by atoms with van der Waals surface area (Å²) in [6.45, 7) is 6.27. The SMILES string of the molecule is CC(CCl)C(C)NCC1CCCCO1. The Bertz CT molecular complexity index is 146. The number of rotatable bonds is 5. The van der Waals surface area contributed by atoms with Crippen LogP contribution in [0.2, 0.25) is 0 Å². The van der Waals surface area contributed by atoms with Crippen LogP contribution in [-0.2, 0) is 4.74 Å². The maximum Gasteiger partial charge on any atom is 0.0699 e. The molecule has 0 aromatic heterocycles. The largest absolute Gasteiger partial charge is 0.377 e. The molecule has 1 aliphatic heterocycles. The highest BCUT2D eigenvalue weighted by molar-refractivity contribution is 6.18. The van der Waals surface area contributed by atoms with Gasteiger partial charge in [-0.15, -0.1) is 11.6 Å². The van der Waals surface area contributed by atoms with Gasteiger partial charge in [0.1, 0.15) is 0 Å². The van der Waals surface area contributed by atoms with Crippen molar-refractivity contribution < 1.29 is 4.74 Å². The third-order valence-corrected chi connectivity index (χ3v) is 3.53. The van der Waals surface area contributed by atoms with Crippen LogP contribution in [0.5, 0.6) is 0 Å². The van der Waals surface area contributed by atoms with Crippen molar-refractivity contribution in [3.63, 3.8) is 0 Å². The molecule has 1 aliphatic rings. The van der Waals surface area contributed by atoms with Crippen LogP contribution in [0.1, 0.15) is 33.1 Å². The van der Waals surface area contributed by atoms with E-state index in [0.29, 0.717) is 18.1 Å². The van der Waals surface area contributed by atoms with E-state index in [9.17, 15) is 0 Å². The molecule has 0 bridgehead atoms. The van der Waals surface area contributed by atoms with Crippen LogP contribution in [0, 0.1) is 5.92 Å². The Morgan fingerprint density at radius 2 is 2.21 bits per heavy atom.